The fourth-order valence-corrected chi connectivity index (χ4v) is 3.23. The van der Waals surface area contributed by atoms with Crippen molar-refractivity contribution in [1.82, 2.24) is 0 Å². The van der Waals surface area contributed by atoms with Crippen LogP contribution in [-0.4, -0.2) is 6.29 Å². The maximum atomic E-state index is 11.5. The van der Waals surface area contributed by atoms with E-state index in [-0.39, 0.29) is 0 Å². The number of hydrogen-bond acceptors (Lipinski definition) is 1. The molecule has 0 aliphatic heterocycles. The van der Waals surface area contributed by atoms with Gasteiger partial charge in [0.15, 0.2) is 0 Å². The van der Waals surface area contributed by atoms with Gasteiger partial charge in [-0.15, -0.1) is 0 Å². The standard InChI is InChI=1S/C21H16Cl2O/c22-20-10-3-1-6-16(20)12-15-8-5-9-18(14-24)19(15)13-17-7-2-4-11-21(17)23/h1-11,14H,12-13H2. The van der Waals surface area contributed by atoms with Crippen molar-refractivity contribution in [2.45, 2.75) is 12.8 Å². The van der Waals surface area contributed by atoms with E-state index < -0.39 is 0 Å². The van der Waals surface area contributed by atoms with Crippen LogP contribution < -0.4 is 0 Å². The van der Waals surface area contributed by atoms with Gasteiger partial charge in [-0.1, -0.05) is 77.8 Å². The third-order valence-electron chi connectivity index (χ3n) is 4.10. The minimum atomic E-state index is 0.619. The fourth-order valence-electron chi connectivity index (χ4n) is 2.83. The quantitative estimate of drug-likeness (QED) is 0.514. The predicted octanol–water partition coefficient (Wildman–Crippen LogP) is 5.99. The van der Waals surface area contributed by atoms with Crippen LogP contribution in [0.5, 0.6) is 0 Å². The first-order valence-electron chi connectivity index (χ1n) is 7.72. The van der Waals surface area contributed by atoms with Crippen LogP contribution >= 0.6 is 23.2 Å². The van der Waals surface area contributed by atoms with Crippen molar-refractivity contribution in [2.24, 2.45) is 0 Å². The minimum absolute atomic E-state index is 0.619. The van der Waals surface area contributed by atoms with Crippen LogP contribution in [0.2, 0.25) is 10.0 Å². The number of carbonyl (C=O) groups is 1. The first-order chi connectivity index (χ1) is 11.7. The van der Waals surface area contributed by atoms with E-state index in [1.165, 1.54) is 0 Å². The van der Waals surface area contributed by atoms with E-state index in [1.807, 2.05) is 66.7 Å². The molecule has 24 heavy (non-hydrogen) atoms. The van der Waals surface area contributed by atoms with Crippen molar-refractivity contribution in [2.75, 3.05) is 0 Å². The molecule has 3 rings (SSSR count). The summed E-state index contributed by atoms with van der Waals surface area (Å²) >= 11 is 12.6. The molecular formula is C21H16Cl2O. The van der Waals surface area contributed by atoms with Crippen LogP contribution in [0, 0.1) is 0 Å². The molecule has 0 bridgehead atoms. The minimum Gasteiger partial charge on any atom is -0.298 e. The van der Waals surface area contributed by atoms with Crippen LogP contribution in [0.15, 0.2) is 66.7 Å². The second-order valence-corrected chi connectivity index (χ2v) is 6.45. The number of rotatable bonds is 5. The van der Waals surface area contributed by atoms with Gasteiger partial charge < -0.3 is 0 Å². The van der Waals surface area contributed by atoms with Gasteiger partial charge in [-0.05, 0) is 47.2 Å². The first-order valence-corrected chi connectivity index (χ1v) is 8.47. The lowest BCUT2D eigenvalue weighted by Gasteiger charge is -2.14. The number of hydrogen-bond donors (Lipinski definition) is 0. The Kier molecular flexibility index (Phi) is 5.34. The fraction of sp³-hybridized carbons (Fsp3) is 0.0952. The van der Waals surface area contributed by atoms with Gasteiger partial charge in [-0.3, -0.25) is 4.79 Å². The molecule has 0 unspecified atom stereocenters. The Morgan fingerprint density at radius 3 is 1.79 bits per heavy atom. The van der Waals surface area contributed by atoms with Crippen molar-refractivity contribution in [3.63, 3.8) is 0 Å². The highest BCUT2D eigenvalue weighted by atomic mass is 35.5. The summed E-state index contributed by atoms with van der Waals surface area (Å²) in [5.74, 6) is 0. The molecule has 0 spiro atoms. The lowest BCUT2D eigenvalue weighted by molar-refractivity contribution is 0.112. The van der Waals surface area contributed by atoms with E-state index in [1.54, 1.807) is 0 Å². The zero-order valence-corrected chi connectivity index (χ0v) is 14.5. The summed E-state index contributed by atoms with van der Waals surface area (Å²) in [4.78, 5) is 11.5. The third kappa shape index (κ3) is 3.69. The molecule has 3 heteroatoms. The molecule has 0 aromatic heterocycles. The van der Waals surface area contributed by atoms with Crippen LogP contribution in [0.3, 0.4) is 0 Å². The summed E-state index contributed by atoms with van der Waals surface area (Å²) in [6.45, 7) is 0. The summed E-state index contributed by atoms with van der Waals surface area (Å²) < 4.78 is 0. The molecule has 0 saturated heterocycles. The van der Waals surface area contributed by atoms with Crippen molar-refractivity contribution in [3.8, 4) is 0 Å². The highest BCUT2D eigenvalue weighted by Crippen LogP contribution is 2.26. The van der Waals surface area contributed by atoms with Crippen molar-refractivity contribution < 1.29 is 4.79 Å². The van der Waals surface area contributed by atoms with Gasteiger partial charge >= 0.3 is 0 Å². The van der Waals surface area contributed by atoms with E-state index in [2.05, 4.69) is 0 Å². The molecule has 120 valence electrons. The molecule has 0 atom stereocenters. The van der Waals surface area contributed by atoms with Crippen molar-refractivity contribution in [1.29, 1.82) is 0 Å². The summed E-state index contributed by atoms with van der Waals surface area (Å²) in [5.41, 5.74) is 4.84. The van der Waals surface area contributed by atoms with E-state index >= 15 is 0 Å². The van der Waals surface area contributed by atoms with E-state index in [0.717, 1.165) is 33.6 Å². The molecule has 3 aromatic carbocycles. The number of benzene rings is 3. The Balaban J connectivity index is 2.02. The first kappa shape index (κ1) is 16.8. The largest absolute Gasteiger partial charge is 0.298 e. The lowest BCUT2D eigenvalue weighted by atomic mass is 9.91. The van der Waals surface area contributed by atoms with E-state index in [4.69, 9.17) is 23.2 Å². The van der Waals surface area contributed by atoms with Crippen LogP contribution in [0.1, 0.15) is 32.6 Å². The molecule has 0 amide bonds. The van der Waals surface area contributed by atoms with Gasteiger partial charge in [0.1, 0.15) is 6.29 Å². The van der Waals surface area contributed by atoms with E-state index in [0.29, 0.717) is 23.4 Å². The predicted molar refractivity (Wildman–Crippen MR) is 100 cm³/mol. The highest BCUT2D eigenvalue weighted by Gasteiger charge is 2.12. The summed E-state index contributed by atoms with van der Waals surface area (Å²) in [6, 6.07) is 21.3. The molecule has 3 aromatic rings. The van der Waals surface area contributed by atoms with Crippen LogP contribution in [0.4, 0.5) is 0 Å². The molecule has 0 heterocycles. The molecule has 0 aliphatic rings. The molecular weight excluding hydrogens is 339 g/mol. The van der Waals surface area contributed by atoms with Crippen molar-refractivity contribution in [3.05, 3.63) is 105 Å². The summed E-state index contributed by atoms with van der Waals surface area (Å²) in [7, 11) is 0. The SMILES string of the molecule is O=Cc1cccc(Cc2ccccc2Cl)c1Cc1ccccc1Cl. The zero-order chi connectivity index (χ0) is 16.9. The number of carbonyl (C=O) groups excluding carboxylic acids is 1. The third-order valence-corrected chi connectivity index (χ3v) is 4.84. The molecule has 0 radical (unpaired) electrons. The zero-order valence-electron chi connectivity index (χ0n) is 13.0. The van der Waals surface area contributed by atoms with Gasteiger partial charge in [0.2, 0.25) is 0 Å². The Labute approximate surface area is 151 Å². The van der Waals surface area contributed by atoms with Gasteiger partial charge in [-0.25, -0.2) is 0 Å². The topological polar surface area (TPSA) is 17.1 Å². The second-order valence-electron chi connectivity index (χ2n) is 5.64. The molecule has 0 saturated carbocycles. The maximum Gasteiger partial charge on any atom is 0.150 e. The summed E-state index contributed by atoms with van der Waals surface area (Å²) in [6.07, 6.45) is 2.21. The smallest absolute Gasteiger partial charge is 0.150 e. The molecule has 0 fully saturated rings. The second kappa shape index (κ2) is 7.65. The van der Waals surface area contributed by atoms with Gasteiger partial charge in [-0.2, -0.15) is 0 Å². The molecule has 0 N–H and O–H groups in total. The Morgan fingerprint density at radius 1 is 0.667 bits per heavy atom. The lowest BCUT2D eigenvalue weighted by Crippen LogP contribution is -2.02. The highest BCUT2D eigenvalue weighted by molar-refractivity contribution is 6.31. The Hall–Kier alpha value is -2.09. The normalized spacial score (nSPS) is 10.6. The number of aldehydes is 1. The Morgan fingerprint density at radius 2 is 1.21 bits per heavy atom. The molecule has 1 nitrogen and oxygen atoms in total. The monoisotopic (exact) mass is 354 g/mol. The van der Waals surface area contributed by atoms with E-state index in [9.17, 15) is 4.79 Å². The van der Waals surface area contributed by atoms with Gasteiger partial charge in [0.25, 0.3) is 0 Å². The number of halogens is 2. The van der Waals surface area contributed by atoms with Crippen molar-refractivity contribution >= 4 is 29.5 Å². The summed E-state index contributed by atoms with van der Waals surface area (Å²) in [5, 5.41) is 1.44. The van der Waals surface area contributed by atoms with Crippen LogP contribution in [-0.2, 0) is 12.8 Å². The average Bonchev–Trinajstić information content (AvgIpc) is 2.60. The Bertz CT molecular complexity index is 871. The molecule has 0 aliphatic carbocycles. The van der Waals surface area contributed by atoms with Crippen LogP contribution in [0.25, 0.3) is 0 Å². The van der Waals surface area contributed by atoms with Gasteiger partial charge in [0.05, 0.1) is 0 Å². The average molecular weight is 355 g/mol. The maximum absolute atomic E-state index is 11.5. The van der Waals surface area contributed by atoms with Gasteiger partial charge in [0, 0.05) is 15.6 Å².